The first-order valence-electron chi connectivity index (χ1n) is 6.52. The number of nitrogens with two attached hydrogens (primary N) is 1. The summed E-state index contributed by atoms with van der Waals surface area (Å²) in [6, 6.07) is 8.91. The first kappa shape index (κ1) is 14.7. The molecule has 110 valence electrons. The summed E-state index contributed by atoms with van der Waals surface area (Å²) >= 11 is 0. The Balaban J connectivity index is 2.18. The monoisotopic (exact) mass is 287 g/mol. The zero-order valence-electron chi connectivity index (χ0n) is 12.0. The molecule has 1 aromatic heterocycles. The third-order valence-electron chi connectivity index (χ3n) is 2.82. The molecule has 0 unspecified atom stereocenters. The van der Waals surface area contributed by atoms with Gasteiger partial charge in [0.2, 0.25) is 0 Å². The van der Waals surface area contributed by atoms with Crippen LogP contribution in [0.5, 0.6) is 5.75 Å². The van der Waals surface area contributed by atoms with Crippen molar-refractivity contribution in [3.8, 4) is 17.1 Å². The van der Waals surface area contributed by atoms with Crippen molar-refractivity contribution in [3.63, 3.8) is 0 Å². The third kappa shape index (κ3) is 3.66. The van der Waals surface area contributed by atoms with E-state index in [0.29, 0.717) is 29.6 Å². The van der Waals surface area contributed by atoms with Gasteiger partial charge in [-0.15, -0.1) is 0 Å². The first-order valence-corrected chi connectivity index (χ1v) is 6.52. The molecule has 1 heterocycles. The maximum Gasteiger partial charge on any atom is 0.330 e. The molecule has 0 aliphatic rings. The molecule has 0 spiro atoms. The fourth-order valence-corrected chi connectivity index (χ4v) is 1.82. The van der Waals surface area contributed by atoms with E-state index in [2.05, 4.69) is 0 Å². The van der Waals surface area contributed by atoms with E-state index in [1.54, 1.807) is 38.3 Å². The van der Waals surface area contributed by atoms with E-state index in [1.807, 2.05) is 12.1 Å². The van der Waals surface area contributed by atoms with Gasteiger partial charge in [0.15, 0.2) is 0 Å². The lowest BCUT2D eigenvalue weighted by molar-refractivity contribution is -0.137. The van der Waals surface area contributed by atoms with Crippen LogP contribution >= 0.6 is 0 Å². The number of ether oxygens (including phenoxy) is 2. The number of hydrogen-bond donors (Lipinski definition) is 1. The van der Waals surface area contributed by atoms with Gasteiger partial charge in [0.05, 0.1) is 13.7 Å². The quantitative estimate of drug-likeness (QED) is 0.519. The molecule has 2 rings (SSSR count). The number of rotatable bonds is 5. The van der Waals surface area contributed by atoms with Crippen molar-refractivity contribution in [2.75, 3.05) is 19.5 Å². The molecule has 0 fully saturated rings. The molecule has 0 saturated carbocycles. The molecule has 21 heavy (non-hydrogen) atoms. The van der Waals surface area contributed by atoms with Crippen molar-refractivity contribution >= 4 is 17.7 Å². The van der Waals surface area contributed by atoms with Gasteiger partial charge in [0, 0.05) is 23.4 Å². The van der Waals surface area contributed by atoms with Crippen molar-refractivity contribution in [3.05, 3.63) is 42.2 Å². The second-order valence-corrected chi connectivity index (χ2v) is 4.24. The number of furan rings is 1. The van der Waals surface area contributed by atoms with Crippen molar-refractivity contribution in [2.24, 2.45) is 0 Å². The standard InChI is InChI=1S/C16H17NO4/c1-3-20-16(18)9-6-11-5-8-15(21-11)13-7-4-12(19-2)10-14(13)17/h4-10H,3,17H2,1-2H3/b9-6+. The molecule has 5 heteroatoms. The number of benzene rings is 1. The van der Waals surface area contributed by atoms with Gasteiger partial charge in [-0.05, 0) is 37.3 Å². The van der Waals surface area contributed by atoms with Crippen LogP contribution in [0.3, 0.4) is 0 Å². The van der Waals surface area contributed by atoms with Crippen LogP contribution < -0.4 is 10.5 Å². The molecule has 0 saturated heterocycles. The van der Waals surface area contributed by atoms with Crippen LogP contribution in [0.4, 0.5) is 5.69 Å². The Morgan fingerprint density at radius 2 is 2.14 bits per heavy atom. The van der Waals surface area contributed by atoms with E-state index in [0.717, 1.165) is 5.56 Å². The van der Waals surface area contributed by atoms with E-state index in [-0.39, 0.29) is 0 Å². The summed E-state index contributed by atoms with van der Waals surface area (Å²) in [7, 11) is 1.58. The van der Waals surface area contributed by atoms with Gasteiger partial charge in [0.1, 0.15) is 17.3 Å². The Kier molecular flexibility index (Phi) is 4.66. The van der Waals surface area contributed by atoms with Gasteiger partial charge < -0.3 is 19.6 Å². The molecule has 0 aliphatic carbocycles. The average Bonchev–Trinajstić information content (AvgIpc) is 2.94. The first-order chi connectivity index (χ1) is 10.1. The lowest BCUT2D eigenvalue weighted by Gasteiger charge is -2.05. The van der Waals surface area contributed by atoms with Crippen molar-refractivity contribution in [2.45, 2.75) is 6.92 Å². The van der Waals surface area contributed by atoms with Gasteiger partial charge in [-0.25, -0.2) is 4.79 Å². The highest BCUT2D eigenvalue weighted by molar-refractivity contribution is 5.86. The summed E-state index contributed by atoms with van der Waals surface area (Å²) in [6.45, 7) is 2.10. The topological polar surface area (TPSA) is 74.7 Å². The van der Waals surface area contributed by atoms with Gasteiger partial charge in [-0.3, -0.25) is 0 Å². The van der Waals surface area contributed by atoms with Gasteiger partial charge in [-0.2, -0.15) is 0 Å². The van der Waals surface area contributed by atoms with Crippen LogP contribution in [-0.4, -0.2) is 19.7 Å². The smallest absolute Gasteiger partial charge is 0.330 e. The minimum atomic E-state index is -0.403. The number of hydrogen-bond acceptors (Lipinski definition) is 5. The zero-order chi connectivity index (χ0) is 15.2. The van der Waals surface area contributed by atoms with E-state index in [4.69, 9.17) is 19.6 Å². The van der Waals surface area contributed by atoms with Crippen LogP contribution in [0, 0.1) is 0 Å². The number of anilines is 1. The Morgan fingerprint density at radius 3 is 2.81 bits per heavy atom. The summed E-state index contributed by atoms with van der Waals surface area (Å²) in [4.78, 5) is 11.2. The molecule has 0 amide bonds. The zero-order valence-corrected chi connectivity index (χ0v) is 12.0. The van der Waals surface area contributed by atoms with E-state index in [9.17, 15) is 4.79 Å². The highest BCUT2D eigenvalue weighted by atomic mass is 16.5. The van der Waals surface area contributed by atoms with Gasteiger partial charge >= 0.3 is 5.97 Å². The Morgan fingerprint density at radius 1 is 1.33 bits per heavy atom. The number of esters is 1. The summed E-state index contributed by atoms with van der Waals surface area (Å²) in [6.07, 6.45) is 2.88. The van der Waals surface area contributed by atoms with E-state index in [1.165, 1.54) is 6.08 Å². The van der Waals surface area contributed by atoms with E-state index >= 15 is 0 Å². The molecule has 0 atom stereocenters. The Labute approximate surface area is 123 Å². The summed E-state index contributed by atoms with van der Waals surface area (Å²) in [5.41, 5.74) is 7.30. The SMILES string of the molecule is CCOC(=O)/C=C/c1ccc(-c2ccc(OC)cc2N)o1. The molecule has 0 aliphatic heterocycles. The molecule has 0 radical (unpaired) electrons. The molecule has 1 aromatic carbocycles. The predicted octanol–water partition coefficient (Wildman–Crippen LogP) is 3.11. The fourth-order valence-electron chi connectivity index (χ4n) is 1.82. The lowest BCUT2D eigenvalue weighted by atomic mass is 10.1. The Bertz CT molecular complexity index is 658. The van der Waals surface area contributed by atoms with Crippen LogP contribution in [0.2, 0.25) is 0 Å². The average molecular weight is 287 g/mol. The van der Waals surface area contributed by atoms with Crippen molar-refractivity contribution in [1.29, 1.82) is 0 Å². The number of carbonyl (C=O) groups excluding carboxylic acids is 1. The molecular formula is C16H17NO4. The van der Waals surface area contributed by atoms with Crippen LogP contribution in [0.25, 0.3) is 17.4 Å². The molecule has 2 aromatic rings. The second-order valence-electron chi connectivity index (χ2n) is 4.24. The summed E-state index contributed by atoms with van der Waals surface area (Å²) in [5.74, 6) is 1.46. The number of methoxy groups -OCH3 is 1. The van der Waals surface area contributed by atoms with Crippen LogP contribution in [0.1, 0.15) is 12.7 Å². The highest BCUT2D eigenvalue weighted by Crippen LogP contribution is 2.30. The van der Waals surface area contributed by atoms with Gasteiger partial charge in [-0.1, -0.05) is 0 Å². The van der Waals surface area contributed by atoms with Crippen LogP contribution in [-0.2, 0) is 9.53 Å². The number of nitrogen functional groups attached to an aromatic ring is 1. The minimum absolute atomic E-state index is 0.342. The minimum Gasteiger partial charge on any atom is -0.497 e. The summed E-state index contributed by atoms with van der Waals surface area (Å²) < 4.78 is 15.5. The normalized spacial score (nSPS) is 10.8. The molecule has 0 bridgehead atoms. The second kappa shape index (κ2) is 6.65. The summed E-state index contributed by atoms with van der Waals surface area (Å²) in [5, 5.41) is 0. The maximum atomic E-state index is 11.2. The third-order valence-corrected chi connectivity index (χ3v) is 2.82. The molecule has 2 N–H and O–H groups in total. The number of carbonyl (C=O) groups is 1. The van der Waals surface area contributed by atoms with Crippen LogP contribution in [0.15, 0.2) is 40.8 Å². The highest BCUT2D eigenvalue weighted by Gasteiger charge is 2.08. The lowest BCUT2D eigenvalue weighted by Crippen LogP contribution is -1.98. The Hall–Kier alpha value is -2.69. The molecular weight excluding hydrogens is 270 g/mol. The fraction of sp³-hybridized carbons (Fsp3) is 0.188. The maximum absolute atomic E-state index is 11.2. The van der Waals surface area contributed by atoms with Crippen molar-refractivity contribution < 1.29 is 18.7 Å². The van der Waals surface area contributed by atoms with E-state index < -0.39 is 5.97 Å². The molecule has 5 nitrogen and oxygen atoms in total. The van der Waals surface area contributed by atoms with Crippen molar-refractivity contribution in [1.82, 2.24) is 0 Å². The van der Waals surface area contributed by atoms with Gasteiger partial charge in [0.25, 0.3) is 0 Å². The largest absolute Gasteiger partial charge is 0.497 e. The predicted molar refractivity (Wildman–Crippen MR) is 80.8 cm³/mol.